The molecule has 1 unspecified atom stereocenters. The Bertz CT molecular complexity index is 1110. The third-order valence-electron chi connectivity index (χ3n) is 8.39. The number of nitrogens with one attached hydrogen (secondary N) is 1. The number of aromatic nitrogens is 4. The molecule has 1 N–H and O–H groups in total. The van der Waals surface area contributed by atoms with E-state index in [-0.39, 0.29) is 11.9 Å². The largest absolute Gasteiger partial charge is 0.339 e. The van der Waals surface area contributed by atoms with Gasteiger partial charge in [-0.1, -0.05) is 0 Å². The number of fused-ring (bicyclic) bond motifs is 1. The summed E-state index contributed by atoms with van der Waals surface area (Å²) in [6.07, 6.45) is 17.2. The molecule has 0 aliphatic heterocycles. The highest BCUT2D eigenvalue weighted by Gasteiger charge is 2.51. The summed E-state index contributed by atoms with van der Waals surface area (Å²) in [5, 5.41) is 7.47. The highest BCUT2D eigenvalue weighted by atomic mass is 16.1. The number of hydrogen-bond acceptors (Lipinski definition) is 5. The second-order valence-electron chi connectivity index (χ2n) is 10.7. The van der Waals surface area contributed by atoms with Gasteiger partial charge in [-0.05, 0) is 86.8 Å². The molecule has 33 heavy (non-hydrogen) atoms. The van der Waals surface area contributed by atoms with Gasteiger partial charge in [-0.25, -0.2) is 4.52 Å². The van der Waals surface area contributed by atoms with Crippen molar-refractivity contribution >= 4 is 11.4 Å². The molecule has 7 nitrogen and oxygen atoms in total. The fourth-order valence-electron chi connectivity index (χ4n) is 7.37. The molecular formula is C26H32N6O. The molecule has 4 saturated carbocycles. The van der Waals surface area contributed by atoms with E-state index < -0.39 is 0 Å². The van der Waals surface area contributed by atoms with E-state index >= 15 is 0 Å². The first-order chi connectivity index (χ1) is 16.1. The Morgan fingerprint density at radius 1 is 1.15 bits per heavy atom. The molecule has 1 atom stereocenters. The van der Waals surface area contributed by atoms with Gasteiger partial charge in [0.25, 0.3) is 5.91 Å². The van der Waals surface area contributed by atoms with Crippen LogP contribution in [0.5, 0.6) is 0 Å². The quantitative estimate of drug-likeness (QED) is 0.556. The molecule has 4 bridgehead atoms. The minimum atomic E-state index is -0.0667. The van der Waals surface area contributed by atoms with E-state index in [2.05, 4.69) is 32.2 Å². The molecule has 4 aliphatic rings. The topological polar surface area (TPSA) is 75.4 Å². The van der Waals surface area contributed by atoms with Crippen LogP contribution < -0.4 is 5.32 Å². The maximum Gasteiger partial charge on any atom is 0.254 e. The lowest BCUT2D eigenvalue weighted by Crippen LogP contribution is -2.53. The smallest absolute Gasteiger partial charge is 0.254 e. The Kier molecular flexibility index (Phi) is 5.17. The zero-order valence-electron chi connectivity index (χ0n) is 19.2. The van der Waals surface area contributed by atoms with Crippen LogP contribution in [0.4, 0.5) is 0 Å². The molecule has 0 radical (unpaired) electrons. The van der Waals surface area contributed by atoms with Crippen molar-refractivity contribution in [3.05, 3.63) is 60.4 Å². The van der Waals surface area contributed by atoms with Crippen molar-refractivity contribution in [1.29, 1.82) is 0 Å². The maximum absolute atomic E-state index is 13.2. The molecule has 4 aliphatic carbocycles. The molecule has 3 aromatic rings. The third kappa shape index (κ3) is 3.92. The minimum absolute atomic E-state index is 0.0667. The molecule has 7 rings (SSSR count). The summed E-state index contributed by atoms with van der Waals surface area (Å²) in [5.41, 5.74) is 2.80. The Hall–Kier alpha value is -2.80. The number of carbonyl (C=O) groups is 1. The zero-order chi connectivity index (χ0) is 22.4. The van der Waals surface area contributed by atoms with Crippen LogP contribution in [0, 0.1) is 23.2 Å². The van der Waals surface area contributed by atoms with Gasteiger partial charge >= 0.3 is 0 Å². The monoisotopic (exact) mass is 444 g/mol. The summed E-state index contributed by atoms with van der Waals surface area (Å²) in [6, 6.07) is 5.69. The Morgan fingerprint density at radius 3 is 2.61 bits per heavy atom. The molecular weight excluding hydrogens is 412 g/mol. The van der Waals surface area contributed by atoms with Crippen LogP contribution in [0.3, 0.4) is 0 Å². The summed E-state index contributed by atoms with van der Waals surface area (Å²) >= 11 is 0. The van der Waals surface area contributed by atoms with Crippen LogP contribution in [0.15, 0.2) is 49.2 Å². The summed E-state index contributed by atoms with van der Waals surface area (Å²) < 4.78 is 1.74. The number of carbonyl (C=O) groups excluding carboxylic acids is 1. The SMILES string of the molecule is CC(c1cnccn1)N(CNC(=O)c1cccn2nccc12)CC12CC3CC(CC(C3)C1)C2. The van der Waals surface area contributed by atoms with Crippen LogP contribution in [-0.2, 0) is 0 Å². The van der Waals surface area contributed by atoms with Gasteiger partial charge in [-0.2, -0.15) is 5.10 Å². The summed E-state index contributed by atoms with van der Waals surface area (Å²) in [6.45, 7) is 3.69. The van der Waals surface area contributed by atoms with Crippen LogP contribution in [0.1, 0.15) is 67.5 Å². The predicted molar refractivity (Wildman–Crippen MR) is 125 cm³/mol. The first-order valence-corrected chi connectivity index (χ1v) is 12.3. The van der Waals surface area contributed by atoms with E-state index in [9.17, 15) is 4.79 Å². The molecule has 0 spiro atoms. The number of amides is 1. The van der Waals surface area contributed by atoms with Crippen molar-refractivity contribution in [2.45, 2.75) is 51.5 Å². The molecule has 1 amide bonds. The highest BCUT2D eigenvalue weighted by Crippen LogP contribution is 2.60. The van der Waals surface area contributed by atoms with Crippen molar-refractivity contribution in [3.8, 4) is 0 Å². The molecule has 7 heteroatoms. The summed E-state index contributed by atoms with van der Waals surface area (Å²) in [5.74, 6) is 2.64. The van der Waals surface area contributed by atoms with Crippen molar-refractivity contribution < 1.29 is 4.79 Å². The van der Waals surface area contributed by atoms with Gasteiger partial charge in [0.1, 0.15) is 0 Å². The highest BCUT2D eigenvalue weighted by molar-refractivity contribution is 6.00. The summed E-state index contributed by atoms with van der Waals surface area (Å²) in [4.78, 5) is 24.5. The van der Waals surface area contributed by atoms with Gasteiger partial charge in [0.2, 0.25) is 0 Å². The lowest BCUT2D eigenvalue weighted by molar-refractivity contribution is -0.0748. The minimum Gasteiger partial charge on any atom is -0.339 e. The average molecular weight is 445 g/mol. The van der Waals surface area contributed by atoms with E-state index in [1.807, 2.05) is 30.6 Å². The van der Waals surface area contributed by atoms with E-state index in [4.69, 9.17) is 0 Å². The fraction of sp³-hybridized carbons (Fsp3) is 0.538. The third-order valence-corrected chi connectivity index (χ3v) is 8.39. The Morgan fingerprint density at radius 2 is 1.91 bits per heavy atom. The van der Waals surface area contributed by atoms with Gasteiger partial charge in [-0.15, -0.1) is 0 Å². The number of hydrogen-bond donors (Lipinski definition) is 1. The van der Waals surface area contributed by atoms with Crippen LogP contribution in [-0.4, -0.2) is 43.6 Å². The van der Waals surface area contributed by atoms with E-state index in [1.54, 1.807) is 23.1 Å². The first-order valence-electron chi connectivity index (χ1n) is 12.3. The van der Waals surface area contributed by atoms with Crippen molar-refractivity contribution in [2.24, 2.45) is 23.2 Å². The molecule has 172 valence electrons. The number of nitrogens with zero attached hydrogens (tertiary/aromatic N) is 5. The fourth-order valence-corrected chi connectivity index (χ4v) is 7.37. The van der Waals surface area contributed by atoms with Crippen molar-refractivity contribution in [3.63, 3.8) is 0 Å². The van der Waals surface area contributed by atoms with Gasteiger partial charge < -0.3 is 5.32 Å². The van der Waals surface area contributed by atoms with E-state index in [0.29, 0.717) is 17.6 Å². The van der Waals surface area contributed by atoms with Gasteiger partial charge in [0.05, 0.1) is 35.7 Å². The van der Waals surface area contributed by atoms with Crippen LogP contribution >= 0.6 is 0 Å². The second kappa shape index (κ2) is 8.20. The molecule has 0 aromatic carbocycles. The maximum atomic E-state index is 13.2. The second-order valence-corrected chi connectivity index (χ2v) is 10.7. The normalized spacial score (nSPS) is 29.0. The first kappa shape index (κ1) is 20.8. The van der Waals surface area contributed by atoms with E-state index in [0.717, 1.165) is 35.5 Å². The predicted octanol–water partition coefficient (Wildman–Crippen LogP) is 4.09. The molecule has 0 saturated heterocycles. The summed E-state index contributed by atoms with van der Waals surface area (Å²) in [7, 11) is 0. The van der Waals surface area contributed by atoms with Crippen LogP contribution in [0.2, 0.25) is 0 Å². The Labute approximate surface area is 194 Å². The Balaban J connectivity index is 1.23. The standard InChI is InChI=1S/C26H32N6O/c1-18(23-15-27-6-7-28-23)31(16-26-12-19-9-20(13-26)11-21(10-19)14-26)17-29-25(33)22-3-2-8-32-24(22)4-5-30-32/h2-8,15,18-21H,9-14,16-17H2,1H3,(H,29,33). The molecule has 4 fully saturated rings. The van der Waals surface area contributed by atoms with Gasteiger partial charge in [0.15, 0.2) is 0 Å². The number of pyridine rings is 1. The zero-order valence-corrected chi connectivity index (χ0v) is 19.2. The lowest BCUT2D eigenvalue weighted by atomic mass is 9.49. The van der Waals surface area contributed by atoms with Crippen molar-refractivity contribution in [2.75, 3.05) is 13.2 Å². The molecule has 3 heterocycles. The van der Waals surface area contributed by atoms with Crippen molar-refractivity contribution in [1.82, 2.24) is 29.8 Å². The lowest BCUT2D eigenvalue weighted by Gasteiger charge is -2.58. The van der Waals surface area contributed by atoms with Crippen LogP contribution in [0.25, 0.3) is 5.52 Å². The van der Waals surface area contributed by atoms with E-state index in [1.165, 1.54) is 38.5 Å². The average Bonchev–Trinajstić information content (AvgIpc) is 3.30. The van der Waals surface area contributed by atoms with Gasteiger partial charge in [-0.3, -0.25) is 19.7 Å². The molecule has 3 aromatic heterocycles. The number of rotatable bonds is 7. The van der Waals surface area contributed by atoms with Gasteiger partial charge in [0, 0.05) is 31.3 Å².